The highest BCUT2D eigenvalue weighted by Crippen LogP contribution is 2.40. The number of ether oxygens (including phenoxy) is 10. The molecule has 72 heavy (non-hydrogen) atoms. The third-order valence-electron chi connectivity index (χ3n) is 10.3. The first-order chi connectivity index (χ1) is 34.7. The van der Waals surface area contributed by atoms with Crippen LogP contribution in [0.1, 0.15) is 36.7 Å². The average molecular weight is 1020 g/mol. The number of hydrogen-bond acceptors (Lipinski definition) is 19. The molecular formula is C50H69N7O14S. The third-order valence-corrected chi connectivity index (χ3v) is 10.8. The molecule has 5 aromatic rings. The van der Waals surface area contributed by atoms with Gasteiger partial charge in [-0.1, -0.05) is 45.0 Å². The summed E-state index contributed by atoms with van der Waals surface area (Å²) in [6, 6.07) is 21.1. The van der Waals surface area contributed by atoms with Crippen LogP contribution < -0.4 is 40.2 Å². The fourth-order valence-corrected chi connectivity index (χ4v) is 7.34. The van der Waals surface area contributed by atoms with Crippen molar-refractivity contribution in [1.82, 2.24) is 15.3 Å². The summed E-state index contributed by atoms with van der Waals surface area (Å²) in [5.74, 6) is 1.24. The Hall–Kier alpha value is -6.08. The van der Waals surface area contributed by atoms with E-state index >= 15 is 0 Å². The van der Waals surface area contributed by atoms with Crippen LogP contribution in [0.15, 0.2) is 79.0 Å². The second kappa shape index (κ2) is 29.4. The van der Waals surface area contributed by atoms with Crippen molar-refractivity contribution in [2.24, 2.45) is 0 Å². The molecule has 1 amide bonds. The molecule has 6 N–H and O–H groups in total. The van der Waals surface area contributed by atoms with Crippen LogP contribution in [0.3, 0.4) is 0 Å². The summed E-state index contributed by atoms with van der Waals surface area (Å²) in [4.78, 5) is 22.1. The molecule has 0 saturated heterocycles. The van der Waals surface area contributed by atoms with Gasteiger partial charge in [-0.25, -0.2) is 13.4 Å². The molecule has 1 atom stereocenters. The number of nitrogens with one attached hydrogen (secondary N) is 5. The van der Waals surface area contributed by atoms with Gasteiger partial charge in [0.25, 0.3) is 5.91 Å². The summed E-state index contributed by atoms with van der Waals surface area (Å²) in [7, 11) is 0.920. The maximum Gasteiger partial charge on any atom is 0.251 e. The second-order valence-corrected chi connectivity index (χ2v) is 18.6. The Morgan fingerprint density at radius 1 is 0.681 bits per heavy atom. The van der Waals surface area contributed by atoms with Crippen LogP contribution in [-0.4, -0.2) is 156 Å². The molecule has 0 aliphatic carbocycles. The molecule has 0 aliphatic rings. The van der Waals surface area contributed by atoms with E-state index < -0.39 is 16.4 Å². The van der Waals surface area contributed by atoms with Gasteiger partial charge in [0.05, 0.1) is 118 Å². The van der Waals surface area contributed by atoms with Crippen molar-refractivity contribution >= 4 is 55.4 Å². The molecule has 0 aliphatic heterocycles. The predicted octanol–water partition coefficient (Wildman–Crippen LogP) is 6.13. The summed E-state index contributed by atoms with van der Waals surface area (Å²) in [5.41, 5.74) is 2.47. The van der Waals surface area contributed by atoms with Gasteiger partial charge in [-0.05, 0) is 47.4 Å². The van der Waals surface area contributed by atoms with Crippen LogP contribution in [0.5, 0.6) is 23.1 Å². The Labute approximate surface area is 421 Å². The first-order valence-corrected chi connectivity index (χ1v) is 25.2. The topological polar surface area (TPSA) is 250 Å². The fourth-order valence-electron chi connectivity index (χ4n) is 6.79. The number of aliphatic hydroxyl groups excluding tert-OH is 1. The minimum atomic E-state index is -3.64. The number of methoxy groups -OCH3 is 3. The molecule has 1 heterocycles. The summed E-state index contributed by atoms with van der Waals surface area (Å²) < 4.78 is 82.2. The van der Waals surface area contributed by atoms with E-state index in [0.29, 0.717) is 119 Å². The number of benzene rings is 4. The van der Waals surface area contributed by atoms with Gasteiger partial charge in [0, 0.05) is 59.7 Å². The van der Waals surface area contributed by atoms with Crippen molar-refractivity contribution in [3.05, 3.63) is 90.1 Å². The molecule has 1 aromatic heterocycles. The Morgan fingerprint density at radius 3 is 1.85 bits per heavy atom. The van der Waals surface area contributed by atoms with Crippen molar-refractivity contribution in [2.45, 2.75) is 32.5 Å². The lowest BCUT2D eigenvalue weighted by Gasteiger charge is -2.26. The predicted molar refractivity (Wildman–Crippen MR) is 275 cm³/mol. The van der Waals surface area contributed by atoms with Gasteiger partial charge < -0.3 is 73.7 Å². The zero-order valence-electron chi connectivity index (χ0n) is 42.0. The van der Waals surface area contributed by atoms with Crippen LogP contribution in [0, 0.1) is 0 Å². The molecule has 394 valence electrons. The number of anilines is 5. The van der Waals surface area contributed by atoms with Crippen molar-refractivity contribution < 1.29 is 65.7 Å². The SMILES string of the molecule is COCCOCCOCCOCCOCCOCCOCCNC(=O)c1cc(Nc2nccc(Oc3ccc(NC(O)Nc4cc(C(C)(C)C)cc(NS(C)(=O)=O)c4OC)c4ccccc34)n2)cc(OC)c1. The quantitative estimate of drug-likeness (QED) is 0.0200. The zero-order chi connectivity index (χ0) is 51.8. The highest BCUT2D eigenvalue weighted by atomic mass is 32.2. The van der Waals surface area contributed by atoms with Gasteiger partial charge in [0.2, 0.25) is 28.2 Å². The Morgan fingerprint density at radius 2 is 1.26 bits per heavy atom. The number of aliphatic hydroxyl groups is 1. The van der Waals surface area contributed by atoms with Crippen LogP contribution >= 0.6 is 0 Å². The molecule has 21 nitrogen and oxygen atoms in total. The van der Waals surface area contributed by atoms with E-state index in [-0.39, 0.29) is 47.7 Å². The standard InChI is InChI=1S/C50H69N7O14S/c1-50(2,3)36-32-42(46(64-6)43(33-36)57-72(7,60)61)55-49(59)54-41-12-13-44(40-11-9-8-10-39(40)41)71-45-14-15-52-48(56-45)53-37-30-35(31-38(34-37)63-5)47(58)51-16-17-65-20-21-67-24-25-69-28-29-70-27-26-68-23-22-66-19-18-62-4/h8-15,30-34,49,54-55,57,59H,16-29H2,1-7H3,(H,51,58)(H,52,53,56). The molecule has 1 unspecified atom stereocenters. The number of hydrogen-bond donors (Lipinski definition) is 6. The number of rotatable bonds is 34. The molecule has 0 radical (unpaired) electrons. The summed E-state index contributed by atoms with van der Waals surface area (Å²) >= 11 is 0. The molecule has 22 heteroatoms. The second-order valence-electron chi connectivity index (χ2n) is 16.9. The number of carbonyl (C=O) groups is 1. The van der Waals surface area contributed by atoms with E-state index in [1.807, 2.05) is 51.1 Å². The number of aromatic nitrogens is 2. The van der Waals surface area contributed by atoms with E-state index in [1.54, 1.807) is 55.8 Å². The zero-order valence-corrected chi connectivity index (χ0v) is 42.9. The van der Waals surface area contributed by atoms with Crippen LogP contribution in [0.4, 0.5) is 28.7 Å². The maximum absolute atomic E-state index is 13.2. The monoisotopic (exact) mass is 1020 g/mol. The van der Waals surface area contributed by atoms with Gasteiger partial charge >= 0.3 is 0 Å². The van der Waals surface area contributed by atoms with E-state index in [0.717, 1.165) is 17.2 Å². The number of sulfonamides is 1. The van der Waals surface area contributed by atoms with E-state index in [9.17, 15) is 18.3 Å². The lowest BCUT2D eigenvalue weighted by atomic mass is 9.86. The third kappa shape index (κ3) is 19.5. The maximum atomic E-state index is 13.2. The summed E-state index contributed by atoms with van der Waals surface area (Å²) in [6.07, 6.45) is 1.26. The molecule has 0 fully saturated rings. The fraction of sp³-hybridized carbons (Fsp3) is 0.460. The van der Waals surface area contributed by atoms with E-state index in [1.165, 1.54) is 14.2 Å². The smallest absolute Gasteiger partial charge is 0.251 e. The normalized spacial score (nSPS) is 12.1. The molecule has 4 aromatic carbocycles. The van der Waals surface area contributed by atoms with Crippen LogP contribution in [0.2, 0.25) is 0 Å². The van der Waals surface area contributed by atoms with Gasteiger partial charge in [0.15, 0.2) is 5.75 Å². The largest absolute Gasteiger partial charge is 0.497 e. The van der Waals surface area contributed by atoms with Crippen LogP contribution in [-0.2, 0) is 48.6 Å². The van der Waals surface area contributed by atoms with Gasteiger partial charge in [-0.2, -0.15) is 4.98 Å². The molecule has 0 bridgehead atoms. The number of amides is 1. The van der Waals surface area contributed by atoms with Gasteiger partial charge in [-0.15, -0.1) is 0 Å². The Kier molecular flexibility index (Phi) is 23.2. The Bertz CT molecular complexity index is 2570. The molecular weight excluding hydrogens is 955 g/mol. The molecule has 0 saturated carbocycles. The lowest BCUT2D eigenvalue weighted by molar-refractivity contribution is -0.0189. The van der Waals surface area contributed by atoms with E-state index in [2.05, 4.69) is 36.0 Å². The number of carbonyl (C=O) groups excluding carboxylic acids is 1. The average Bonchev–Trinajstić information content (AvgIpc) is 3.34. The first-order valence-electron chi connectivity index (χ1n) is 23.3. The van der Waals surface area contributed by atoms with Gasteiger partial charge in [-0.3, -0.25) is 9.52 Å². The number of nitrogens with zero attached hydrogens (tertiary/aromatic N) is 2. The molecule has 0 spiro atoms. The van der Waals surface area contributed by atoms with Crippen LogP contribution in [0.25, 0.3) is 10.8 Å². The van der Waals surface area contributed by atoms with Crippen molar-refractivity contribution in [3.63, 3.8) is 0 Å². The van der Waals surface area contributed by atoms with Gasteiger partial charge in [0.1, 0.15) is 11.5 Å². The minimum absolute atomic E-state index is 0.203. The minimum Gasteiger partial charge on any atom is -0.497 e. The van der Waals surface area contributed by atoms with Crippen molar-refractivity contribution in [2.75, 3.05) is 141 Å². The van der Waals surface area contributed by atoms with Crippen molar-refractivity contribution in [3.8, 4) is 23.1 Å². The highest BCUT2D eigenvalue weighted by Gasteiger charge is 2.23. The van der Waals surface area contributed by atoms with Crippen molar-refractivity contribution in [1.29, 1.82) is 0 Å². The van der Waals surface area contributed by atoms with E-state index in [4.69, 9.17) is 47.4 Å². The summed E-state index contributed by atoms with van der Waals surface area (Å²) in [6.45, 7) is 12.2. The number of fused-ring (bicyclic) bond motifs is 1. The molecule has 5 rings (SSSR count). The Balaban J connectivity index is 1.07. The first kappa shape index (κ1) is 56.8. The lowest BCUT2D eigenvalue weighted by Crippen LogP contribution is -2.29. The highest BCUT2D eigenvalue weighted by molar-refractivity contribution is 7.92. The summed E-state index contributed by atoms with van der Waals surface area (Å²) in [5, 5.41) is 24.9.